The predicted octanol–water partition coefficient (Wildman–Crippen LogP) is 8.32. The van der Waals surface area contributed by atoms with Crippen LogP contribution in [0.2, 0.25) is 5.02 Å². The SMILES string of the molecule is CC(C)(CC(=O)N(Cc1nn(CC(F)(F)F)c2c(-c3ccc(C#CC(C)(C)S(C)(=O)=O)nc3[C@H](Cc3cc(F)cc(F)c3)NC(=O)Cn3nc(C(F)(F)F)c4c3C(F)(F)[C@@H]3C[C@H]43)ccc(Cl)c12)S(=O)O)c1c(CC(=O)O)cc(C(N)=O)cc1OP(=O)(O)O. The highest BCUT2D eigenvalue weighted by Crippen LogP contribution is 2.68. The van der Waals surface area contributed by atoms with Crippen LogP contribution in [0.5, 0.6) is 5.75 Å². The Kier molecular flexibility index (Phi) is 17.7. The third kappa shape index (κ3) is 14.2. The summed E-state index contributed by atoms with van der Waals surface area (Å²) in [6, 6.07) is 6.21. The van der Waals surface area contributed by atoms with Crippen LogP contribution in [0.3, 0.4) is 0 Å². The maximum absolute atomic E-state index is 15.7. The first-order chi connectivity index (χ1) is 40.4. The van der Waals surface area contributed by atoms with Crippen molar-refractivity contribution >= 4 is 75.1 Å². The number of halogens is 11. The molecule has 1 saturated carbocycles. The van der Waals surface area contributed by atoms with Crippen LogP contribution in [0.25, 0.3) is 22.0 Å². The molecule has 4 atom stereocenters. The lowest BCUT2D eigenvalue weighted by molar-refractivity contribution is -0.143. The molecule has 0 bridgehead atoms. The van der Waals surface area contributed by atoms with Gasteiger partial charge in [0.15, 0.2) is 15.5 Å². The number of nitrogens with two attached hydrogens (primary N) is 1. The number of carboxylic acids is 1. The molecule has 2 aliphatic carbocycles. The number of amides is 3. The molecule has 21 nitrogen and oxygen atoms in total. The van der Waals surface area contributed by atoms with E-state index in [-0.39, 0.29) is 43.4 Å². The lowest BCUT2D eigenvalue weighted by Crippen LogP contribution is -2.37. The zero-order valence-electron chi connectivity index (χ0n) is 46.0. The van der Waals surface area contributed by atoms with E-state index in [1.54, 1.807) is 0 Å². The van der Waals surface area contributed by atoms with E-state index >= 15 is 8.78 Å². The number of carbonyl (C=O) groups is 4. The third-order valence-corrected chi connectivity index (χ3v) is 17.9. The van der Waals surface area contributed by atoms with Crippen LogP contribution in [0.1, 0.15) is 114 Å². The average Bonchev–Trinajstić information content (AvgIpc) is 1.56. The molecule has 3 aromatic carbocycles. The van der Waals surface area contributed by atoms with Gasteiger partial charge in [0.25, 0.3) is 17.2 Å². The Labute approximate surface area is 499 Å². The number of aromatic nitrogens is 5. The van der Waals surface area contributed by atoms with Gasteiger partial charge in [-0.2, -0.15) is 45.3 Å². The second-order valence-electron chi connectivity index (χ2n) is 21.9. The molecule has 472 valence electrons. The zero-order chi connectivity index (χ0) is 65.5. The molecule has 0 radical (unpaired) electrons. The first-order valence-electron chi connectivity index (χ1n) is 25.5. The van der Waals surface area contributed by atoms with E-state index in [1.165, 1.54) is 27.7 Å². The fourth-order valence-electron chi connectivity index (χ4n) is 10.5. The Morgan fingerprint density at radius 2 is 1.61 bits per heavy atom. The lowest BCUT2D eigenvalue weighted by atomic mass is 9.77. The number of primary amides is 1. The van der Waals surface area contributed by atoms with Crippen LogP contribution in [-0.4, -0.2) is 102 Å². The van der Waals surface area contributed by atoms with Crippen LogP contribution in [0.4, 0.5) is 43.9 Å². The van der Waals surface area contributed by atoms with Gasteiger partial charge in [-0.1, -0.05) is 37.4 Å². The normalized spacial score (nSPS) is 16.5. The monoisotopic (exact) mass is 1320 g/mol. The van der Waals surface area contributed by atoms with Crippen molar-refractivity contribution in [3.8, 4) is 28.7 Å². The highest BCUT2D eigenvalue weighted by atomic mass is 35.5. The van der Waals surface area contributed by atoms with Crippen molar-refractivity contribution in [1.29, 1.82) is 0 Å². The maximum Gasteiger partial charge on any atom is 0.524 e. The lowest BCUT2D eigenvalue weighted by Gasteiger charge is -2.31. The van der Waals surface area contributed by atoms with Gasteiger partial charge in [-0.05, 0) is 92.1 Å². The van der Waals surface area contributed by atoms with Crippen molar-refractivity contribution in [1.82, 2.24) is 34.2 Å². The second-order valence-corrected chi connectivity index (χ2v) is 26.9. The summed E-state index contributed by atoms with van der Waals surface area (Å²) in [5.41, 5.74) is -4.65. The molecule has 35 heteroatoms. The number of carbonyl (C=O) groups excluding carboxylic acids is 3. The van der Waals surface area contributed by atoms with Crippen LogP contribution >= 0.6 is 19.4 Å². The maximum atomic E-state index is 15.7. The van der Waals surface area contributed by atoms with Crippen molar-refractivity contribution < 1.29 is 104 Å². The number of nitrogens with zero attached hydrogens (tertiary/aromatic N) is 6. The average molecular weight is 1330 g/mol. The van der Waals surface area contributed by atoms with Crippen LogP contribution in [-0.2, 0) is 90.0 Å². The van der Waals surface area contributed by atoms with E-state index in [0.29, 0.717) is 10.7 Å². The highest BCUT2D eigenvalue weighted by molar-refractivity contribution is 7.92. The molecule has 0 aliphatic heterocycles. The first kappa shape index (κ1) is 66.5. The van der Waals surface area contributed by atoms with E-state index in [9.17, 15) is 90.9 Å². The fraction of sp³-hybridized carbons (Fsp3) is 0.377. The summed E-state index contributed by atoms with van der Waals surface area (Å²) in [5, 5.41) is 18.7. The molecular formula is C53H48ClF10N8O13PS2. The third-order valence-electron chi connectivity index (χ3n) is 14.5. The van der Waals surface area contributed by atoms with Gasteiger partial charge in [-0.3, -0.25) is 42.9 Å². The van der Waals surface area contributed by atoms with Crippen molar-refractivity contribution in [2.75, 3.05) is 6.26 Å². The molecule has 88 heavy (non-hydrogen) atoms. The number of hydrogen-bond donors (Lipinski definition) is 6. The number of nitrogens with one attached hydrogen (secondary N) is 1. The summed E-state index contributed by atoms with van der Waals surface area (Å²) in [6.45, 7) is 0.241. The van der Waals surface area contributed by atoms with Gasteiger partial charge < -0.3 is 20.7 Å². The minimum absolute atomic E-state index is 0.161. The number of benzene rings is 3. The van der Waals surface area contributed by atoms with Crippen molar-refractivity contribution in [2.45, 2.75) is 113 Å². The quantitative estimate of drug-likeness (QED) is 0.0181. The summed E-state index contributed by atoms with van der Waals surface area (Å²) >= 11 is 3.31. The Balaban J connectivity index is 1.30. The number of rotatable bonds is 20. The number of pyridine rings is 1. The van der Waals surface area contributed by atoms with E-state index in [2.05, 4.69) is 32.3 Å². The summed E-state index contributed by atoms with van der Waals surface area (Å²) < 4.78 is 214. The van der Waals surface area contributed by atoms with Gasteiger partial charge in [0.1, 0.15) is 46.6 Å². The standard InChI is InChI=1S/C53H48ClF10N8O13PS2/c1-49(2,43-25(17-40(75)76)15-26(48(65)77)16-37(43)85-86(78,79)80)20-39(74)72(87(81)82)21-36-42-34(54)9-8-31(45(42)71(68-36)23-51(57,58)59)30-7-6-29(10-11-50(3,4)88(5,83)84)66-44(30)35(14-24-12-27(55)18-28(56)13-24)67-38(73)22-70-47-41(46(69-70)53(62,63)64)32-19-33(32)52(47,60)61/h6-9,12-13,15-16,18,32-33,35H,14,17,19-23H2,1-5H3,(H2,65,77)(H,67,73)(H,75,76)(H,81,82)(H2,78,79,80)/t32-,33+,35-/m0/s1. The van der Waals surface area contributed by atoms with E-state index in [4.69, 9.17) is 21.9 Å². The first-order valence-corrected chi connectivity index (χ1v) is 30.4. The highest BCUT2D eigenvalue weighted by Gasteiger charge is 2.68. The Hall–Kier alpha value is -7.47. The Morgan fingerprint density at radius 1 is 0.977 bits per heavy atom. The largest absolute Gasteiger partial charge is 0.524 e. The molecule has 8 rings (SSSR count). The minimum atomic E-state index is -5.57. The number of carboxylic acid groups (broad SMARTS) is 1. The summed E-state index contributed by atoms with van der Waals surface area (Å²) in [7, 11) is -9.54. The molecule has 7 N–H and O–H groups in total. The molecule has 2 aliphatic rings. The molecule has 1 unspecified atom stereocenters. The van der Waals surface area contributed by atoms with E-state index in [1.807, 2.05) is 0 Å². The van der Waals surface area contributed by atoms with E-state index in [0.717, 1.165) is 54.8 Å². The molecule has 1 fully saturated rings. The van der Waals surface area contributed by atoms with Crippen molar-refractivity contribution in [3.63, 3.8) is 0 Å². The Bertz CT molecular complexity index is 4140. The molecule has 3 amide bonds. The molecule has 0 saturated heterocycles. The van der Waals surface area contributed by atoms with E-state index < -0.39 is 211 Å². The number of alkyl halides is 8. The molecule has 3 heterocycles. The summed E-state index contributed by atoms with van der Waals surface area (Å²) in [6.07, 6.45) is -12.7. The van der Waals surface area contributed by atoms with Gasteiger partial charge in [0, 0.05) is 63.3 Å². The van der Waals surface area contributed by atoms with Gasteiger partial charge in [0.05, 0.1) is 40.9 Å². The Morgan fingerprint density at radius 3 is 2.18 bits per heavy atom. The van der Waals surface area contributed by atoms with Gasteiger partial charge >= 0.3 is 26.1 Å². The zero-order valence-corrected chi connectivity index (χ0v) is 49.3. The number of sulfone groups is 1. The van der Waals surface area contributed by atoms with Crippen molar-refractivity contribution in [3.05, 3.63) is 128 Å². The molecular weight excluding hydrogens is 1280 g/mol. The summed E-state index contributed by atoms with van der Waals surface area (Å²) in [4.78, 5) is 77.2. The summed E-state index contributed by atoms with van der Waals surface area (Å²) in [5.74, 6) is -10.4. The molecule has 3 aromatic heterocycles. The van der Waals surface area contributed by atoms with Gasteiger partial charge in [-0.15, -0.1) is 0 Å². The number of aliphatic carboxylic acids is 1. The second kappa shape index (κ2) is 23.5. The van der Waals surface area contributed by atoms with Crippen molar-refractivity contribution in [2.24, 2.45) is 11.7 Å². The van der Waals surface area contributed by atoms with Crippen LogP contribution in [0.15, 0.2) is 54.6 Å². The number of phosphoric acid groups is 1. The fourth-order valence-corrected chi connectivity index (χ4v) is 11.8. The van der Waals surface area contributed by atoms with Gasteiger partial charge in [0.2, 0.25) is 17.7 Å². The van der Waals surface area contributed by atoms with Crippen LogP contribution < -0.4 is 15.6 Å². The minimum Gasteiger partial charge on any atom is -0.481 e. The molecule has 0 spiro atoms. The number of phosphoric ester groups is 1. The predicted molar refractivity (Wildman–Crippen MR) is 291 cm³/mol. The number of fused-ring (bicyclic) bond motifs is 4. The number of hydrogen-bond acceptors (Lipinski definition) is 12. The van der Waals surface area contributed by atoms with Crippen LogP contribution in [0, 0.1) is 29.4 Å². The smallest absolute Gasteiger partial charge is 0.481 e. The van der Waals surface area contributed by atoms with Gasteiger partial charge in [-0.25, -0.2) is 35.3 Å². The molecule has 6 aromatic rings. The topological polar surface area (TPSA) is 317 Å².